The van der Waals surface area contributed by atoms with E-state index in [0.29, 0.717) is 23.3 Å². The Labute approximate surface area is 213 Å². The molecule has 4 amide bonds. The van der Waals surface area contributed by atoms with Crippen molar-refractivity contribution in [3.05, 3.63) is 64.2 Å². The number of rotatable bonds is 6. The van der Waals surface area contributed by atoms with E-state index in [9.17, 15) is 41.1 Å². The van der Waals surface area contributed by atoms with Gasteiger partial charge in [-0.1, -0.05) is 12.1 Å². The maximum absolute atomic E-state index is 14.8. The van der Waals surface area contributed by atoms with Crippen LogP contribution < -0.4 is 15.4 Å². The van der Waals surface area contributed by atoms with Gasteiger partial charge in [0.2, 0.25) is 11.8 Å². The molecule has 0 saturated carbocycles. The van der Waals surface area contributed by atoms with Crippen molar-refractivity contribution in [2.75, 3.05) is 7.11 Å². The first kappa shape index (κ1) is 27.1. The van der Waals surface area contributed by atoms with Gasteiger partial charge in [0.25, 0.3) is 11.8 Å². The van der Waals surface area contributed by atoms with E-state index >= 15 is 0 Å². The molecular formula is C24H21BF5N3O5. The molecule has 2 N–H and O–H groups in total. The third kappa shape index (κ3) is 4.70. The molecule has 2 aromatic rings. The number of carbonyl (C=O) groups is 4. The van der Waals surface area contributed by atoms with Gasteiger partial charge in [-0.2, -0.15) is 22.0 Å². The van der Waals surface area contributed by atoms with Gasteiger partial charge in [0.05, 0.1) is 18.1 Å². The molecule has 1 atom stereocenters. The maximum Gasteiger partial charge on any atom is 0.417 e. The number of carbonyl (C=O) groups excluding carboxylic acids is 4. The second-order valence-corrected chi connectivity index (χ2v) is 9.20. The van der Waals surface area contributed by atoms with Gasteiger partial charge in [0.15, 0.2) is 0 Å². The van der Waals surface area contributed by atoms with Crippen LogP contribution in [0.1, 0.15) is 45.5 Å². The summed E-state index contributed by atoms with van der Waals surface area (Å²) in [4.78, 5) is 50.6. The van der Waals surface area contributed by atoms with Crippen molar-refractivity contribution in [3.8, 4) is 5.75 Å². The van der Waals surface area contributed by atoms with E-state index in [1.807, 2.05) is 5.32 Å². The fourth-order valence-electron chi connectivity index (χ4n) is 4.51. The molecule has 0 spiro atoms. The van der Waals surface area contributed by atoms with Gasteiger partial charge >= 0.3 is 12.1 Å². The topological polar surface area (TPSA) is 105 Å². The molecule has 2 aliphatic rings. The highest BCUT2D eigenvalue weighted by atomic mass is 19.4. The smallest absolute Gasteiger partial charge is 0.417 e. The normalized spacial score (nSPS) is 19.7. The minimum atomic E-state index is -5.16. The van der Waals surface area contributed by atoms with Crippen LogP contribution in [0.4, 0.5) is 22.0 Å². The molecule has 1 saturated heterocycles. The monoisotopic (exact) mass is 537 g/mol. The van der Waals surface area contributed by atoms with Crippen molar-refractivity contribution in [1.29, 1.82) is 0 Å². The minimum Gasteiger partial charge on any atom is -0.497 e. The summed E-state index contributed by atoms with van der Waals surface area (Å²) in [5.74, 6) is -8.26. The number of imide groups is 1. The van der Waals surface area contributed by atoms with Crippen molar-refractivity contribution in [2.45, 2.75) is 43.5 Å². The Bertz CT molecular complexity index is 1350. The lowest BCUT2D eigenvalue weighted by molar-refractivity contribution is -0.153. The molecule has 14 heteroatoms. The van der Waals surface area contributed by atoms with E-state index in [1.165, 1.54) is 30.9 Å². The Hall–Kier alpha value is -3.97. The van der Waals surface area contributed by atoms with Crippen LogP contribution in [0.2, 0.25) is 0 Å². The van der Waals surface area contributed by atoms with Crippen molar-refractivity contribution >= 4 is 31.5 Å². The van der Waals surface area contributed by atoms with E-state index in [4.69, 9.17) is 0 Å². The molecule has 4 rings (SSSR count). The molecular weight excluding hydrogens is 516 g/mol. The summed E-state index contributed by atoms with van der Waals surface area (Å²) < 4.78 is 74.6. The predicted molar refractivity (Wildman–Crippen MR) is 124 cm³/mol. The number of halogens is 5. The number of piperidine rings is 1. The standard InChI is InChI=1S/C24H21BF5N3O5/c1-38-14-3-5-16(17(9-14)24(28,29)30)23(26,27)21(37)31-10-12-2-4-15-13(8-12)11-33(19(15)35)22(25)7-6-18(34)32-20(22)36/h2-5,8-9H,6-7,10-11,25H2,1H3,(H,31,37)(H,32,34,36). The van der Waals surface area contributed by atoms with Crippen LogP contribution in [0.15, 0.2) is 36.4 Å². The van der Waals surface area contributed by atoms with E-state index in [-0.39, 0.29) is 30.7 Å². The Morgan fingerprint density at radius 1 is 1.11 bits per heavy atom. The van der Waals surface area contributed by atoms with Gasteiger partial charge < -0.3 is 15.0 Å². The van der Waals surface area contributed by atoms with Gasteiger partial charge in [-0.15, -0.1) is 0 Å². The van der Waals surface area contributed by atoms with Crippen LogP contribution in [0.25, 0.3) is 0 Å². The lowest BCUT2D eigenvalue weighted by Gasteiger charge is -2.39. The summed E-state index contributed by atoms with van der Waals surface area (Å²) in [5.41, 5.74) is -3.44. The van der Waals surface area contributed by atoms with Crippen LogP contribution in [-0.4, -0.2) is 48.9 Å². The molecule has 0 aliphatic carbocycles. The first-order chi connectivity index (χ1) is 17.7. The number of hydrogen-bond donors (Lipinski definition) is 2. The van der Waals surface area contributed by atoms with E-state index in [1.54, 1.807) is 0 Å². The van der Waals surface area contributed by atoms with Gasteiger partial charge in [-0.05, 0) is 41.8 Å². The molecule has 0 aromatic heterocycles. The number of amides is 4. The number of alkyl halides is 5. The zero-order valence-electron chi connectivity index (χ0n) is 20.2. The van der Waals surface area contributed by atoms with Crippen LogP contribution in [0.5, 0.6) is 5.75 Å². The lowest BCUT2D eigenvalue weighted by Crippen LogP contribution is -2.63. The summed E-state index contributed by atoms with van der Waals surface area (Å²) in [5, 5.41) is 4.17. The van der Waals surface area contributed by atoms with Crippen LogP contribution in [0.3, 0.4) is 0 Å². The summed E-state index contributed by atoms with van der Waals surface area (Å²) in [7, 11) is 2.62. The van der Waals surface area contributed by atoms with Crippen molar-refractivity contribution in [1.82, 2.24) is 15.5 Å². The first-order valence-electron chi connectivity index (χ1n) is 11.4. The molecule has 2 heterocycles. The van der Waals surface area contributed by atoms with E-state index < -0.39 is 58.8 Å². The highest BCUT2D eigenvalue weighted by Gasteiger charge is 2.49. The van der Waals surface area contributed by atoms with Crippen LogP contribution >= 0.6 is 0 Å². The predicted octanol–water partition coefficient (Wildman–Crippen LogP) is 1.84. The maximum atomic E-state index is 14.8. The number of benzene rings is 2. The van der Waals surface area contributed by atoms with E-state index in [2.05, 4.69) is 10.1 Å². The zero-order chi connectivity index (χ0) is 28.0. The summed E-state index contributed by atoms with van der Waals surface area (Å²) in [6.45, 7) is -0.454. The SMILES string of the molecule is BC1(N2Cc3cc(CNC(=O)C(F)(F)c4ccc(OC)cc4C(F)(F)F)ccc3C2=O)CCC(=O)NC1=O. The van der Waals surface area contributed by atoms with Crippen molar-refractivity contribution < 1.29 is 45.9 Å². The second-order valence-electron chi connectivity index (χ2n) is 9.20. The lowest BCUT2D eigenvalue weighted by atomic mass is 9.70. The Kier molecular flexibility index (Phi) is 6.70. The van der Waals surface area contributed by atoms with Gasteiger partial charge in [-0.3, -0.25) is 24.5 Å². The molecule has 2 aromatic carbocycles. The number of fused-ring (bicyclic) bond motifs is 1. The number of nitrogens with zero attached hydrogens (tertiary/aromatic N) is 1. The quantitative estimate of drug-likeness (QED) is 0.333. The average molecular weight is 537 g/mol. The third-order valence-electron chi connectivity index (χ3n) is 6.76. The number of hydrogen-bond acceptors (Lipinski definition) is 5. The minimum absolute atomic E-state index is 0.00497. The van der Waals surface area contributed by atoms with Crippen molar-refractivity contribution in [2.24, 2.45) is 0 Å². The second kappa shape index (κ2) is 9.41. The molecule has 200 valence electrons. The van der Waals surface area contributed by atoms with Gasteiger partial charge in [0.1, 0.15) is 13.6 Å². The summed E-state index contributed by atoms with van der Waals surface area (Å²) >= 11 is 0. The fourth-order valence-corrected chi connectivity index (χ4v) is 4.51. The molecule has 0 radical (unpaired) electrons. The molecule has 2 aliphatic heterocycles. The Morgan fingerprint density at radius 3 is 2.45 bits per heavy atom. The fraction of sp³-hybridized carbons (Fsp3) is 0.333. The van der Waals surface area contributed by atoms with E-state index in [0.717, 1.165) is 13.2 Å². The number of nitrogens with one attached hydrogen (secondary N) is 2. The van der Waals surface area contributed by atoms with Gasteiger partial charge in [0, 0.05) is 30.6 Å². The third-order valence-corrected chi connectivity index (χ3v) is 6.76. The van der Waals surface area contributed by atoms with Crippen LogP contribution in [0, 0.1) is 0 Å². The Balaban J connectivity index is 1.50. The molecule has 38 heavy (non-hydrogen) atoms. The molecule has 1 unspecified atom stereocenters. The highest BCUT2D eigenvalue weighted by Crippen LogP contribution is 2.41. The molecule has 1 fully saturated rings. The zero-order valence-corrected chi connectivity index (χ0v) is 20.2. The van der Waals surface area contributed by atoms with Gasteiger partial charge in [-0.25, -0.2) is 0 Å². The summed E-state index contributed by atoms with van der Waals surface area (Å²) in [6, 6.07) is 6.08. The Morgan fingerprint density at radius 2 is 1.82 bits per heavy atom. The molecule has 0 bridgehead atoms. The average Bonchev–Trinajstić information content (AvgIpc) is 3.20. The highest BCUT2D eigenvalue weighted by molar-refractivity contribution is 6.32. The number of methoxy groups -OCH3 is 1. The first-order valence-corrected chi connectivity index (χ1v) is 11.4. The summed E-state index contributed by atoms with van der Waals surface area (Å²) in [6.07, 6.45) is -4.98. The van der Waals surface area contributed by atoms with Crippen molar-refractivity contribution in [3.63, 3.8) is 0 Å². The molecule has 8 nitrogen and oxygen atoms in total. The largest absolute Gasteiger partial charge is 0.497 e. The van der Waals surface area contributed by atoms with Crippen LogP contribution in [-0.2, 0) is 39.6 Å². The number of ether oxygens (including phenoxy) is 1.